The van der Waals surface area contributed by atoms with Gasteiger partial charge in [-0.15, -0.1) is 0 Å². The second-order valence-corrected chi connectivity index (χ2v) is 4.64. The van der Waals surface area contributed by atoms with Crippen LogP contribution in [0, 0.1) is 5.92 Å². The van der Waals surface area contributed by atoms with Crippen LogP contribution in [0.1, 0.15) is 45.7 Å². The van der Waals surface area contributed by atoms with Gasteiger partial charge in [-0.3, -0.25) is 4.79 Å². The number of aliphatic carboxylic acids is 1. The number of benzene rings is 1. The molecule has 0 aliphatic rings. The fraction of sp³-hybridized carbons (Fsp3) is 0.500. The van der Waals surface area contributed by atoms with Gasteiger partial charge in [0.05, 0.1) is 5.92 Å². The van der Waals surface area contributed by atoms with Gasteiger partial charge in [0, 0.05) is 0 Å². The van der Waals surface area contributed by atoms with E-state index in [4.69, 9.17) is 5.11 Å². The molecule has 0 amide bonds. The topological polar surface area (TPSA) is 37.3 Å². The minimum absolute atomic E-state index is 0. The van der Waals surface area contributed by atoms with Crippen molar-refractivity contribution in [2.24, 2.45) is 5.92 Å². The third kappa shape index (κ3) is 5.24. The summed E-state index contributed by atoms with van der Waals surface area (Å²) in [5.74, 6) is -0.473. The van der Waals surface area contributed by atoms with Crippen molar-refractivity contribution in [1.29, 1.82) is 0 Å². The molecule has 0 aromatic heterocycles. The molecule has 1 unspecified atom stereocenters. The molecule has 0 aliphatic carbocycles. The summed E-state index contributed by atoms with van der Waals surface area (Å²) in [6, 6.07) is 7.97. The van der Waals surface area contributed by atoms with Gasteiger partial charge in [-0.2, -0.15) is 0 Å². The van der Waals surface area contributed by atoms with Crippen LogP contribution in [0.5, 0.6) is 0 Å². The first kappa shape index (κ1) is 16.7. The molecule has 17 heavy (non-hydrogen) atoms. The third-order valence-electron chi connectivity index (χ3n) is 2.73. The van der Waals surface area contributed by atoms with Crippen LogP contribution in [-0.4, -0.2) is 11.1 Å². The summed E-state index contributed by atoms with van der Waals surface area (Å²) in [6.07, 6.45) is 1.68. The Morgan fingerprint density at radius 3 is 2.18 bits per heavy atom. The summed E-state index contributed by atoms with van der Waals surface area (Å²) >= 11 is 0. The van der Waals surface area contributed by atoms with Crippen LogP contribution in [-0.2, 0) is 11.2 Å². The molecule has 1 aromatic carbocycles. The zero-order valence-electron chi connectivity index (χ0n) is 12.2. The average molecular weight is 244 g/mol. The van der Waals surface area contributed by atoms with E-state index >= 15 is 0 Å². The van der Waals surface area contributed by atoms with Gasteiger partial charge in [0.2, 0.25) is 0 Å². The summed E-state index contributed by atoms with van der Waals surface area (Å²) in [6.45, 7) is 6.26. The molecule has 1 rings (SSSR count). The molecule has 0 saturated carbocycles. The van der Waals surface area contributed by atoms with Crippen molar-refractivity contribution < 1.29 is 40.9 Å². The van der Waals surface area contributed by atoms with E-state index < -0.39 is 5.97 Å². The molecular weight excluding hydrogens is 223 g/mol. The molecule has 0 fully saturated rings. The monoisotopic (exact) mass is 244 g/mol. The fourth-order valence-electron chi connectivity index (χ4n) is 1.91. The van der Waals surface area contributed by atoms with Crippen LogP contribution in [0.25, 0.3) is 0 Å². The molecular formula is C14H21NaO2. The number of carbonyl (C=O) groups is 1. The molecule has 0 bridgehead atoms. The van der Waals surface area contributed by atoms with Crippen molar-refractivity contribution in [3.8, 4) is 0 Å². The summed E-state index contributed by atoms with van der Waals surface area (Å²) in [5.41, 5.74) is 2.18. The van der Waals surface area contributed by atoms with Crippen LogP contribution in [0.3, 0.4) is 0 Å². The molecule has 3 heteroatoms. The van der Waals surface area contributed by atoms with Crippen molar-refractivity contribution in [3.05, 3.63) is 35.4 Å². The van der Waals surface area contributed by atoms with Gasteiger partial charge in [-0.25, -0.2) is 0 Å². The number of hydrogen-bond donors (Lipinski definition) is 1. The Hall–Kier alpha value is -0.310. The minimum Gasteiger partial charge on any atom is -1.00 e. The smallest absolute Gasteiger partial charge is 1.00 e. The van der Waals surface area contributed by atoms with Crippen LogP contribution in [0.15, 0.2) is 24.3 Å². The van der Waals surface area contributed by atoms with E-state index in [9.17, 15) is 4.79 Å². The normalized spacial score (nSPS) is 12.0. The van der Waals surface area contributed by atoms with Gasteiger partial charge in [-0.05, 0) is 29.9 Å². The van der Waals surface area contributed by atoms with Gasteiger partial charge < -0.3 is 6.53 Å². The number of carboxylic acids is 1. The zero-order valence-corrected chi connectivity index (χ0v) is 13.2. The number of carboxylic acid groups (broad SMARTS) is 1. The second-order valence-electron chi connectivity index (χ2n) is 4.64. The number of rotatable bonds is 5. The Bertz CT molecular complexity index is 349. The van der Waals surface area contributed by atoms with E-state index in [-0.39, 0.29) is 36.9 Å². The first-order valence-electron chi connectivity index (χ1n) is 5.86. The molecule has 90 valence electrons. The predicted octanol–water partition coefficient (Wildman–Crippen LogP) is 0.580. The van der Waals surface area contributed by atoms with Gasteiger partial charge in [0.15, 0.2) is 0 Å². The maximum atomic E-state index is 11.0. The SMILES string of the molecule is CCC(C(=O)O)c1ccc(CC(C)C)cc1.[H-].[Na+]. The average Bonchev–Trinajstić information content (AvgIpc) is 2.20. The first-order valence-corrected chi connectivity index (χ1v) is 5.86. The Labute approximate surface area is 127 Å². The Balaban J connectivity index is 0. The fourth-order valence-corrected chi connectivity index (χ4v) is 1.91. The standard InChI is InChI=1S/C14H20O2.Na.H/c1-4-13(14(15)16)12-7-5-11(6-8-12)9-10(2)3;;/h5-8,10,13H,4,9H2,1-3H3,(H,15,16);;/q;+1;-1. The van der Waals surface area contributed by atoms with E-state index in [1.54, 1.807) is 0 Å². The van der Waals surface area contributed by atoms with Crippen molar-refractivity contribution in [1.82, 2.24) is 0 Å². The Morgan fingerprint density at radius 1 is 1.29 bits per heavy atom. The molecule has 1 aromatic rings. The van der Waals surface area contributed by atoms with Gasteiger partial charge in [0.25, 0.3) is 0 Å². The van der Waals surface area contributed by atoms with Crippen molar-refractivity contribution >= 4 is 5.97 Å². The summed E-state index contributed by atoms with van der Waals surface area (Å²) < 4.78 is 0. The summed E-state index contributed by atoms with van der Waals surface area (Å²) in [5, 5.41) is 9.04. The molecule has 0 radical (unpaired) electrons. The van der Waals surface area contributed by atoms with Crippen LogP contribution < -0.4 is 29.6 Å². The largest absolute Gasteiger partial charge is 1.00 e. The van der Waals surface area contributed by atoms with E-state index in [0.29, 0.717) is 12.3 Å². The predicted molar refractivity (Wildman–Crippen MR) is 66.8 cm³/mol. The van der Waals surface area contributed by atoms with E-state index in [1.165, 1.54) is 5.56 Å². The molecule has 0 heterocycles. The van der Waals surface area contributed by atoms with Crippen molar-refractivity contribution in [3.63, 3.8) is 0 Å². The molecule has 1 atom stereocenters. The maximum Gasteiger partial charge on any atom is 1.00 e. The minimum atomic E-state index is -0.737. The Kier molecular flexibility index (Phi) is 7.77. The summed E-state index contributed by atoms with van der Waals surface area (Å²) in [7, 11) is 0. The van der Waals surface area contributed by atoms with Crippen LogP contribution in [0.2, 0.25) is 0 Å². The quantitative estimate of drug-likeness (QED) is 0.769. The summed E-state index contributed by atoms with van der Waals surface area (Å²) in [4.78, 5) is 11.0. The van der Waals surface area contributed by atoms with E-state index in [2.05, 4.69) is 13.8 Å². The van der Waals surface area contributed by atoms with Crippen LogP contribution >= 0.6 is 0 Å². The molecule has 0 spiro atoms. The second kappa shape index (κ2) is 7.91. The first-order chi connectivity index (χ1) is 7.54. The van der Waals surface area contributed by atoms with E-state index in [0.717, 1.165) is 12.0 Å². The molecule has 0 aliphatic heterocycles. The zero-order chi connectivity index (χ0) is 12.1. The van der Waals surface area contributed by atoms with Crippen LogP contribution in [0.4, 0.5) is 0 Å². The van der Waals surface area contributed by atoms with E-state index in [1.807, 2.05) is 31.2 Å². The van der Waals surface area contributed by atoms with Gasteiger partial charge >= 0.3 is 35.5 Å². The Morgan fingerprint density at radius 2 is 1.82 bits per heavy atom. The van der Waals surface area contributed by atoms with Gasteiger partial charge in [0.1, 0.15) is 0 Å². The molecule has 0 saturated heterocycles. The third-order valence-corrected chi connectivity index (χ3v) is 2.73. The number of hydrogen-bond acceptors (Lipinski definition) is 1. The van der Waals surface area contributed by atoms with Crippen molar-refractivity contribution in [2.45, 2.75) is 39.5 Å². The van der Waals surface area contributed by atoms with Gasteiger partial charge in [-0.1, -0.05) is 45.0 Å². The maximum absolute atomic E-state index is 11.0. The molecule has 2 nitrogen and oxygen atoms in total. The van der Waals surface area contributed by atoms with Crippen molar-refractivity contribution in [2.75, 3.05) is 0 Å². The molecule has 1 N–H and O–H groups in total.